The van der Waals surface area contributed by atoms with E-state index in [-0.39, 0.29) is 6.61 Å². The third-order valence-corrected chi connectivity index (χ3v) is 2.98. The topological polar surface area (TPSA) is 58.0 Å². The van der Waals surface area contributed by atoms with Crippen LogP contribution < -0.4 is 5.32 Å². The molecule has 0 fully saturated rings. The van der Waals surface area contributed by atoms with Crippen LogP contribution in [0, 0.1) is 11.8 Å². The summed E-state index contributed by atoms with van der Waals surface area (Å²) in [6, 6.07) is 15.5. The van der Waals surface area contributed by atoms with Gasteiger partial charge in [-0.3, -0.25) is 0 Å². The highest BCUT2D eigenvalue weighted by Gasteiger charge is 2.04. The first-order chi connectivity index (χ1) is 10.4. The maximum absolute atomic E-state index is 8.78. The van der Waals surface area contributed by atoms with Crippen molar-refractivity contribution in [1.29, 1.82) is 0 Å². The van der Waals surface area contributed by atoms with Crippen LogP contribution in [0.2, 0.25) is 0 Å². The highest BCUT2D eigenvalue weighted by molar-refractivity contribution is 5.91. The van der Waals surface area contributed by atoms with Gasteiger partial charge in [0.15, 0.2) is 0 Å². The molecule has 2 aromatic carbocycles. The van der Waals surface area contributed by atoms with E-state index in [0.717, 1.165) is 28.0 Å². The third-order valence-electron chi connectivity index (χ3n) is 2.98. The van der Waals surface area contributed by atoms with Gasteiger partial charge >= 0.3 is 0 Å². The lowest BCUT2D eigenvalue weighted by Gasteiger charge is -2.08. The Labute approximate surface area is 122 Å². The molecule has 0 spiro atoms. The van der Waals surface area contributed by atoms with Crippen LogP contribution >= 0.6 is 0 Å². The number of rotatable bonds is 2. The van der Waals surface area contributed by atoms with Crippen molar-refractivity contribution in [1.82, 2.24) is 9.97 Å². The number of aromatic nitrogens is 2. The predicted molar refractivity (Wildman–Crippen MR) is 83.2 cm³/mol. The van der Waals surface area contributed by atoms with Crippen LogP contribution in [-0.4, -0.2) is 21.7 Å². The van der Waals surface area contributed by atoms with Gasteiger partial charge in [-0.05, 0) is 30.3 Å². The molecule has 1 heterocycles. The van der Waals surface area contributed by atoms with Gasteiger partial charge in [-0.15, -0.1) is 0 Å². The molecule has 4 heteroatoms. The van der Waals surface area contributed by atoms with Crippen LogP contribution in [0.1, 0.15) is 5.56 Å². The Morgan fingerprint density at radius 2 is 1.90 bits per heavy atom. The van der Waals surface area contributed by atoms with Gasteiger partial charge in [0, 0.05) is 16.6 Å². The Balaban J connectivity index is 2.05. The van der Waals surface area contributed by atoms with Gasteiger partial charge in [-0.1, -0.05) is 30.0 Å². The van der Waals surface area contributed by atoms with E-state index in [4.69, 9.17) is 5.11 Å². The van der Waals surface area contributed by atoms with Crippen molar-refractivity contribution >= 4 is 22.4 Å². The van der Waals surface area contributed by atoms with Gasteiger partial charge in [0.1, 0.15) is 18.8 Å². The van der Waals surface area contributed by atoms with E-state index in [0.29, 0.717) is 0 Å². The van der Waals surface area contributed by atoms with E-state index in [2.05, 4.69) is 27.1 Å². The van der Waals surface area contributed by atoms with Gasteiger partial charge in [0.2, 0.25) is 0 Å². The maximum Gasteiger partial charge on any atom is 0.141 e. The number of para-hydroxylation sites is 1. The number of nitrogens with one attached hydrogen (secondary N) is 1. The fourth-order valence-corrected chi connectivity index (χ4v) is 2.03. The van der Waals surface area contributed by atoms with Crippen molar-refractivity contribution in [2.45, 2.75) is 0 Å². The predicted octanol–water partition coefficient (Wildman–Crippen LogP) is 2.72. The number of hydrogen-bond donors (Lipinski definition) is 2. The Bertz CT molecular complexity index is 820. The number of hydrogen-bond acceptors (Lipinski definition) is 4. The molecule has 2 N–H and O–H groups in total. The molecule has 0 aliphatic carbocycles. The molecule has 3 rings (SSSR count). The summed E-state index contributed by atoms with van der Waals surface area (Å²) >= 11 is 0. The van der Waals surface area contributed by atoms with E-state index in [1.54, 1.807) is 0 Å². The highest BCUT2D eigenvalue weighted by Crippen LogP contribution is 2.23. The van der Waals surface area contributed by atoms with E-state index in [1.165, 1.54) is 6.33 Å². The van der Waals surface area contributed by atoms with Crippen LogP contribution in [0.25, 0.3) is 10.9 Å². The van der Waals surface area contributed by atoms with Crippen molar-refractivity contribution < 1.29 is 5.11 Å². The summed E-state index contributed by atoms with van der Waals surface area (Å²) in [5, 5.41) is 13.0. The summed E-state index contributed by atoms with van der Waals surface area (Å²) in [6.45, 7) is -0.154. The SMILES string of the molecule is OCC#Cc1ccc2ncnc(Nc3ccccc3)c2c1. The summed E-state index contributed by atoms with van der Waals surface area (Å²) in [4.78, 5) is 8.56. The average Bonchev–Trinajstić information content (AvgIpc) is 2.54. The minimum Gasteiger partial charge on any atom is -0.384 e. The largest absolute Gasteiger partial charge is 0.384 e. The summed E-state index contributed by atoms with van der Waals surface area (Å²) in [7, 11) is 0. The molecule has 0 unspecified atom stereocenters. The molecule has 0 saturated heterocycles. The monoisotopic (exact) mass is 275 g/mol. The molecular weight excluding hydrogens is 262 g/mol. The third kappa shape index (κ3) is 2.99. The Kier molecular flexibility index (Phi) is 3.77. The van der Waals surface area contributed by atoms with Crippen molar-refractivity contribution in [3.63, 3.8) is 0 Å². The molecule has 0 aliphatic heterocycles. The van der Waals surface area contributed by atoms with Crippen molar-refractivity contribution in [2.75, 3.05) is 11.9 Å². The van der Waals surface area contributed by atoms with Gasteiger partial charge in [0.25, 0.3) is 0 Å². The first-order valence-corrected chi connectivity index (χ1v) is 6.53. The second-order valence-corrected chi connectivity index (χ2v) is 4.41. The first-order valence-electron chi connectivity index (χ1n) is 6.53. The van der Waals surface area contributed by atoms with Crippen LogP contribution in [-0.2, 0) is 0 Å². The van der Waals surface area contributed by atoms with E-state index in [9.17, 15) is 0 Å². The number of fused-ring (bicyclic) bond motifs is 1. The lowest BCUT2D eigenvalue weighted by Crippen LogP contribution is -1.96. The highest BCUT2D eigenvalue weighted by atomic mass is 16.2. The molecule has 0 saturated carbocycles. The Morgan fingerprint density at radius 1 is 1.05 bits per heavy atom. The molecule has 102 valence electrons. The zero-order valence-corrected chi connectivity index (χ0v) is 11.2. The summed E-state index contributed by atoms with van der Waals surface area (Å²) in [5.74, 6) is 6.27. The second kappa shape index (κ2) is 6.04. The van der Waals surface area contributed by atoms with Gasteiger partial charge in [-0.2, -0.15) is 0 Å². The lowest BCUT2D eigenvalue weighted by molar-refractivity contribution is 0.350. The van der Waals surface area contributed by atoms with E-state index < -0.39 is 0 Å². The van der Waals surface area contributed by atoms with Crippen molar-refractivity contribution in [2.24, 2.45) is 0 Å². The zero-order valence-electron chi connectivity index (χ0n) is 11.2. The standard InChI is InChI=1S/C17H13N3O/c21-10-4-5-13-8-9-16-15(11-13)17(19-12-18-16)20-14-6-2-1-3-7-14/h1-3,6-9,11-12,21H,10H2,(H,18,19,20). The second-order valence-electron chi connectivity index (χ2n) is 4.41. The summed E-state index contributed by atoms with van der Waals surface area (Å²) in [6.07, 6.45) is 1.53. The Hall–Kier alpha value is -2.90. The Morgan fingerprint density at radius 3 is 2.71 bits per heavy atom. The summed E-state index contributed by atoms with van der Waals surface area (Å²) < 4.78 is 0. The summed E-state index contributed by atoms with van der Waals surface area (Å²) in [5.41, 5.74) is 2.63. The smallest absolute Gasteiger partial charge is 0.141 e. The molecule has 1 aromatic heterocycles. The first kappa shape index (κ1) is 13.1. The van der Waals surface area contributed by atoms with Gasteiger partial charge < -0.3 is 10.4 Å². The van der Waals surface area contributed by atoms with Crippen LogP contribution in [0.15, 0.2) is 54.9 Å². The molecule has 0 atom stereocenters. The lowest BCUT2D eigenvalue weighted by atomic mass is 10.1. The molecule has 0 bridgehead atoms. The van der Waals surface area contributed by atoms with E-state index >= 15 is 0 Å². The van der Waals surface area contributed by atoms with E-state index in [1.807, 2.05) is 48.5 Å². The quantitative estimate of drug-likeness (QED) is 0.706. The number of aliphatic hydroxyl groups excluding tert-OH is 1. The number of benzene rings is 2. The minimum atomic E-state index is -0.154. The van der Waals surface area contributed by atoms with Crippen LogP contribution in [0.4, 0.5) is 11.5 Å². The van der Waals surface area contributed by atoms with Crippen molar-refractivity contribution in [3.8, 4) is 11.8 Å². The zero-order chi connectivity index (χ0) is 14.5. The molecule has 3 aromatic rings. The molecule has 21 heavy (non-hydrogen) atoms. The molecule has 0 amide bonds. The minimum absolute atomic E-state index is 0.154. The molecular formula is C17H13N3O. The van der Waals surface area contributed by atoms with Crippen molar-refractivity contribution in [3.05, 3.63) is 60.4 Å². The maximum atomic E-state index is 8.78. The number of nitrogens with zero attached hydrogens (tertiary/aromatic N) is 2. The molecule has 4 nitrogen and oxygen atoms in total. The fraction of sp³-hybridized carbons (Fsp3) is 0.0588. The molecule has 0 aliphatic rings. The van der Waals surface area contributed by atoms with Crippen LogP contribution in [0.3, 0.4) is 0 Å². The van der Waals surface area contributed by atoms with Crippen LogP contribution in [0.5, 0.6) is 0 Å². The molecule has 0 radical (unpaired) electrons. The number of aliphatic hydroxyl groups is 1. The van der Waals surface area contributed by atoms with Gasteiger partial charge in [0.05, 0.1) is 5.52 Å². The fourth-order valence-electron chi connectivity index (χ4n) is 2.03. The normalized spacial score (nSPS) is 9.95. The number of anilines is 2. The average molecular weight is 275 g/mol. The van der Waals surface area contributed by atoms with Gasteiger partial charge in [-0.25, -0.2) is 9.97 Å².